The summed E-state index contributed by atoms with van der Waals surface area (Å²) in [4.78, 5) is 2.34. The molecule has 66 valence electrons. The first-order chi connectivity index (χ1) is 5.38. The lowest BCUT2D eigenvalue weighted by Crippen LogP contribution is -2.57. The molecule has 1 N–H and O–H groups in total. The van der Waals surface area contributed by atoms with Gasteiger partial charge in [-0.25, -0.2) is 0 Å². The van der Waals surface area contributed by atoms with Crippen LogP contribution in [0.2, 0.25) is 0 Å². The Morgan fingerprint density at radius 1 is 1.55 bits per heavy atom. The van der Waals surface area contributed by atoms with Gasteiger partial charge in [-0.05, 0) is 13.0 Å². The van der Waals surface area contributed by atoms with E-state index in [0.717, 1.165) is 26.2 Å². The van der Waals surface area contributed by atoms with Crippen LogP contribution in [0.4, 0.5) is 4.39 Å². The van der Waals surface area contributed by atoms with E-state index in [1.54, 1.807) is 0 Å². The number of nitrogens with one attached hydrogen (secondary N) is 1. The van der Waals surface area contributed by atoms with Crippen molar-refractivity contribution in [3.8, 4) is 0 Å². The molecular weight excluding hydrogens is 143 g/mol. The van der Waals surface area contributed by atoms with E-state index in [0.29, 0.717) is 12.5 Å². The summed E-state index contributed by atoms with van der Waals surface area (Å²) in [6.45, 7) is 6.08. The second-order valence-corrected chi connectivity index (χ2v) is 2.98. The largest absolute Gasteiger partial charge is 0.314 e. The van der Waals surface area contributed by atoms with E-state index in [9.17, 15) is 4.39 Å². The minimum absolute atomic E-state index is 0.184. The highest BCUT2D eigenvalue weighted by atomic mass is 19.1. The molecule has 1 heterocycles. The summed E-state index contributed by atoms with van der Waals surface area (Å²) in [7, 11) is 0. The average Bonchev–Trinajstić information content (AvgIpc) is 1.93. The number of hydrogen-bond donors (Lipinski definition) is 1. The number of nitrogens with zero attached hydrogens (tertiary/aromatic N) is 1. The molecule has 1 saturated heterocycles. The van der Waals surface area contributed by atoms with Crippen molar-refractivity contribution >= 4 is 0 Å². The van der Waals surface area contributed by atoms with Crippen molar-refractivity contribution in [2.24, 2.45) is 0 Å². The SMILES string of the molecule is CCN(CCCF)C1CNC1. The second kappa shape index (κ2) is 4.67. The molecule has 1 fully saturated rings. The molecule has 0 aromatic carbocycles. The zero-order valence-corrected chi connectivity index (χ0v) is 7.15. The van der Waals surface area contributed by atoms with Gasteiger partial charge in [-0.3, -0.25) is 9.29 Å². The van der Waals surface area contributed by atoms with Crippen LogP contribution in [0, 0.1) is 0 Å². The molecule has 0 radical (unpaired) electrons. The summed E-state index contributed by atoms with van der Waals surface area (Å²) < 4.78 is 11.8. The van der Waals surface area contributed by atoms with Crippen molar-refractivity contribution in [1.82, 2.24) is 10.2 Å². The first kappa shape index (κ1) is 8.94. The average molecular weight is 160 g/mol. The molecule has 0 bridgehead atoms. The molecule has 11 heavy (non-hydrogen) atoms. The van der Waals surface area contributed by atoms with Gasteiger partial charge in [0.2, 0.25) is 0 Å². The van der Waals surface area contributed by atoms with Crippen LogP contribution in [0.15, 0.2) is 0 Å². The van der Waals surface area contributed by atoms with Gasteiger partial charge in [0.15, 0.2) is 0 Å². The van der Waals surface area contributed by atoms with Gasteiger partial charge in [-0.1, -0.05) is 6.92 Å². The van der Waals surface area contributed by atoms with Crippen molar-refractivity contribution < 1.29 is 4.39 Å². The van der Waals surface area contributed by atoms with E-state index in [1.807, 2.05) is 0 Å². The molecule has 1 rings (SSSR count). The normalized spacial score (nSPS) is 18.8. The summed E-state index contributed by atoms with van der Waals surface area (Å²) in [6, 6.07) is 0.673. The number of halogens is 1. The number of alkyl halides is 1. The zero-order valence-electron chi connectivity index (χ0n) is 7.15. The van der Waals surface area contributed by atoms with Gasteiger partial charge >= 0.3 is 0 Å². The first-order valence-corrected chi connectivity index (χ1v) is 4.39. The summed E-state index contributed by atoms with van der Waals surface area (Å²) >= 11 is 0. The predicted octanol–water partition coefficient (Wildman–Crippen LogP) is 0.640. The third kappa shape index (κ3) is 2.42. The van der Waals surface area contributed by atoms with E-state index in [4.69, 9.17) is 0 Å². The van der Waals surface area contributed by atoms with Crippen LogP contribution in [-0.2, 0) is 0 Å². The number of hydrogen-bond acceptors (Lipinski definition) is 2. The highest BCUT2D eigenvalue weighted by Crippen LogP contribution is 2.04. The molecule has 0 saturated carbocycles. The molecule has 0 atom stereocenters. The van der Waals surface area contributed by atoms with Crippen LogP contribution in [0.1, 0.15) is 13.3 Å². The summed E-state index contributed by atoms with van der Waals surface area (Å²) in [6.07, 6.45) is 0.685. The van der Waals surface area contributed by atoms with Crippen LogP contribution in [-0.4, -0.2) is 43.8 Å². The highest BCUT2D eigenvalue weighted by Gasteiger charge is 2.22. The van der Waals surface area contributed by atoms with Gasteiger partial charge in [0, 0.05) is 25.7 Å². The number of rotatable bonds is 5. The third-order valence-electron chi connectivity index (χ3n) is 2.26. The van der Waals surface area contributed by atoms with Gasteiger partial charge in [-0.2, -0.15) is 0 Å². The van der Waals surface area contributed by atoms with E-state index in [-0.39, 0.29) is 6.67 Å². The Labute approximate surface area is 67.8 Å². The fraction of sp³-hybridized carbons (Fsp3) is 1.00. The lowest BCUT2D eigenvalue weighted by molar-refractivity contribution is 0.147. The lowest BCUT2D eigenvalue weighted by atomic mass is 10.1. The van der Waals surface area contributed by atoms with E-state index in [2.05, 4.69) is 17.1 Å². The monoisotopic (exact) mass is 160 g/mol. The third-order valence-corrected chi connectivity index (χ3v) is 2.26. The summed E-state index contributed by atoms with van der Waals surface area (Å²) in [5.74, 6) is 0. The first-order valence-electron chi connectivity index (χ1n) is 4.39. The lowest BCUT2D eigenvalue weighted by Gasteiger charge is -2.37. The summed E-state index contributed by atoms with van der Waals surface area (Å²) in [5.41, 5.74) is 0. The molecule has 0 unspecified atom stereocenters. The van der Waals surface area contributed by atoms with E-state index >= 15 is 0 Å². The van der Waals surface area contributed by atoms with Crippen LogP contribution in [0.25, 0.3) is 0 Å². The van der Waals surface area contributed by atoms with Crippen molar-refractivity contribution in [3.63, 3.8) is 0 Å². The molecule has 0 amide bonds. The Morgan fingerprint density at radius 2 is 2.27 bits per heavy atom. The van der Waals surface area contributed by atoms with Crippen molar-refractivity contribution in [2.75, 3.05) is 32.9 Å². The van der Waals surface area contributed by atoms with Crippen molar-refractivity contribution in [3.05, 3.63) is 0 Å². The Kier molecular flexibility index (Phi) is 3.80. The fourth-order valence-electron chi connectivity index (χ4n) is 1.39. The Hall–Kier alpha value is -0.150. The smallest absolute Gasteiger partial charge is 0.0906 e. The van der Waals surface area contributed by atoms with Gasteiger partial charge in [0.05, 0.1) is 6.67 Å². The maximum absolute atomic E-state index is 11.8. The molecule has 0 spiro atoms. The maximum atomic E-state index is 11.8. The zero-order chi connectivity index (χ0) is 8.10. The Balaban J connectivity index is 2.13. The second-order valence-electron chi connectivity index (χ2n) is 2.98. The molecular formula is C8H17FN2. The maximum Gasteiger partial charge on any atom is 0.0906 e. The minimum Gasteiger partial charge on any atom is -0.314 e. The van der Waals surface area contributed by atoms with E-state index in [1.165, 1.54) is 0 Å². The molecule has 2 nitrogen and oxygen atoms in total. The number of likely N-dealkylation sites (N-methyl/N-ethyl adjacent to an activating group) is 1. The highest BCUT2D eigenvalue weighted by molar-refractivity contribution is 4.83. The van der Waals surface area contributed by atoms with Crippen LogP contribution in [0.5, 0.6) is 0 Å². The van der Waals surface area contributed by atoms with Crippen LogP contribution in [0.3, 0.4) is 0 Å². The standard InChI is InChI=1S/C8H17FN2/c1-2-11(5-3-4-9)8-6-10-7-8/h8,10H,2-7H2,1H3. The van der Waals surface area contributed by atoms with Gasteiger partial charge in [-0.15, -0.1) is 0 Å². The topological polar surface area (TPSA) is 15.3 Å². The molecule has 0 aliphatic carbocycles. The van der Waals surface area contributed by atoms with Gasteiger partial charge in [0.1, 0.15) is 0 Å². The molecule has 3 heteroatoms. The van der Waals surface area contributed by atoms with E-state index < -0.39 is 0 Å². The minimum atomic E-state index is -0.184. The quantitative estimate of drug-likeness (QED) is 0.635. The predicted molar refractivity (Wildman–Crippen MR) is 44.5 cm³/mol. The molecule has 0 aromatic rings. The Morgan fingerprint density at radius 3 is 2.64 bits per heavy atom. The van der Waals surface area contributed by atoms with Crippen molar-refractivity contribution in [1.29, 1.82) is 0 Å². The molecule has 0 aromatic heterocycles. The van der Waals surface area contributed by atoms with Crippen molar-refractivity contribution in [2.45, 2.75) is 19.4 Å². The van der Waals surface area contributed by atoms with Crippen LogP contribution >= 0.6 is 0 Å². The fourth-order valence-corrected chi connectivity index (χ4v) is 1.39. The van der Waals surface area contributed by atoms with Crippen LogP contribution < -0.4 is 5.32 Å². The summed E-state index contributed by atoms with van der Waals surface area (Å²) in [5, 5.41) is 3.22. The Bertz CT molecular complexity index is 104. The molecule has 1 aliphatic rings. The van der Waals surface area contributed by atoms with Gasteiger partial charge in [0.25, 0.3) is 0 Å². The molecule has 1 aliphatic heterocycles. The van der Waals surface area contributed by atoms with Gasteiger partial charge < -0.3 is 5.32 Å².